The van der Waals surface area contributed by atoms with Crippen LogP contribution < -0.4 is 5.73 Å². The lowest BCUT2D eigenvalue weighted by molar-refractivity contribution is -0.154. The van der Waals surface area contributed by atoms with Crippen LogP contribution in [0.5, 0.6) is 0 Å². The van der Waals surface area contributed by atoms with Crippen molar-refractivity contribution in [3.8, 4) is 0 Å². The van der Waals surface area contributed by atoms with Gasteiger partial charge in [0.1, 0.15) is 12.6 Å². The van der Waals surface area contributed by atoms with Crippen molar-refractivity contribution in [3.05, 3.63) is 29.8 Å². The molecule has 9 nitrogen and oxygen atoms in total. The summed E-state index contributed by atoms with van der Waals surface area (Å²) < 4.78 is 30.7. The Morgan fingerprint density at radius 3 is 2.46 bits per heavy atom. The van der Waals surface area contributed by atoms with Crippen LogP contribution in [-0.4, -0.2) is 68.2 Å². The van der Waals surface area contributed by atoms with Crippen LogP contribution in [0.2, 0.25) is 0 Å². The number of nitrogens with zero attached hydrogens (tertiary/aromatic N) is 2. The lowest BCUT2D eigenvalue weighted by Crippen LogP contribution is -2.51. The summed E-state index contributed by atoms with van der Waals surface area (Å²) in [5.74, 6) is -1.98. The highest BCUT2D eigenvalue weighted by atomic mass is 32.2. The quantitative estimate of drug-likeness (QED) is 0.631. The number of likely N-dealkylation sites (N-methyl/N-ethyl adjacent to an activating group) is 1. The lowest BCUT2D eigenvalue weighted by atomic mass is 10.0. The van der Waals surface area contributed by atoms with E-state index in [4.69, 9.17) is 10.5 Å². The number of aryl methyl sites for hydroxylation is 1. The Bertz CT molecular complexity index is 837. The molecule has 0 spiro atoms. The number of rotatable bonds is 7. The van der Waals surface area contributed by atoms with Gasteiger partial charge in [0, 0.05) is 13.6 Å². The number of nitrogens with two attached hydrogens (primary N) is 1. The molecule has 1 fully saturated rings. The molecule has 2 N–H and O–H groups in total. The van der Waals surface area contributed by atoms with Gasteiger partial charge in [0.25, 0.3) is 5.91 Å². The molecule has 2 amide bonds. The Kier molecular flexibility index (Phi) is 7.14. The fourth-order valence-corrected chi connectivity index (χ4v) is 4.07. The second kappa shape index (κ2) is 9.16. The van der Waals surface area contributed by atoms with Crippen molar-refractivity contribution in [1.82, 2.24) is 9.21 Å². The predicted octanol–water partition coefficient (Wildman–Crippen LogP) is 0.0251. The molecule has 0 aromatic heterocycles. The van der Waals surface area contributed by atoms with E-state index in [9.17, 15) is 22.8 Å². The van der Waals surface area contributed by atoms with Crippen molar-refractivity contribution >= 4 is 27.8 Å². The third kappa shape index (κ3) is 5.29. The molecule has 28 heavy (non-hydrogen) atoms. The van der Waals surface area contributed by atoms with Crippen molar-refractivity contribution in [2.24, 2.45) is 5.73 Å². The molecule has 0 saturated carbocycles. The van der Waals surface area contributed by atoms with Gasteiger partial charge < -0.3 is 15.4 Å². The minimum Gasteiger partial charge on any atom is -0.455 e. The Hall–Kier alpha value is -2.46. The molecule has 1 heterocycles. The zero-order valence-electron chi connectivity index (χ0n) is 16.0. The molecule has 1 aliphatic heterocycles. The fourth-order valence-electron chi connectivity index (χ4n) is 2.95. The van der Waals surface area contributed by atoms with Crippen molar-refractivity contribution in [2.75, 3.05) is 26.7 Å². The number of carbonyl (C=O) groups is 3. The minimum atomic E-state index is -3.85. The molecule has 2 rings (SSSR count). The van der Waals surface area contributed by atoms with E-state index >= 15 is 0 Å². The molecule has 154 valence electrons. The summed E-state index contributed by atoms with van der Waals surface area (Å²) in [4.78, 5) is 37.1. The number of primary amides is 1. The Morgan fingerprint density at radius 2 is 1.86 bits per heavy atom. The van der Waals surface area contributed by atoms with Crippen molar-refractivity contribution in [2.45, 2.75) is 37.1 Å². The average molecular weight is 411 g/mol. The molecule has 1 aromatic carbocycles. The number of hydrogen-bond donors (Lipinski definition) is 1. The third-order valence-corrected chi connectivity index (χ3v) is 6.41. The minimum absolute atomic E-state index is 0.0575. The molecule has 1 saturated heterocycles. The Morgan fingerprint density at radius 1 is 1.21 bits per heavy atom. The molecule has 1 aliphatic rings. The number of amides is 2. The van der Waals surface area contributed by atoms with E-state index in [0.29, 0.717) is 13.0 Å². The highest BCUT2D eigenvalue weighted by molar-refractivity contribution is 7.89. The number of ether oxygens (including phenoxy) is 1. The number of hydrogen-bond acceptors (Lipinski definition) is 6. The van der Waals surface area contributed by atoms with Crippen LogP contribution in [0.15, 0.2) is 29.2 Å². The standard InChI is InChI=1S/C18H25N3O6S/c1-13-6-8-14(9-7-13)28(25,26)20(2)11-17(23)27-12-16(22)21-10-4-3-5-15(21)18(19)24/h6-9,15H,3-5,10-12H2,1-2H3,(H2,19,24)/t15-/m1/s1. The number of sulfonamides is 1. The maximum Gasteiger partial charge on any atom is 0.321 e. The van der Waals surface area contributed by atoms with E-state index in [1.807, 2.05) is 6.92 Å². The lowest BCUT2D eigenvalue weighted by Gasteiger charge is -2.33. The topological polar surface area (TPSA) is 127 Å². The molecular formula is C18H25N3O6S. The monoisotopic (exact) mass is 411 g/mol. The molecule has 0 aliphatic carbocycles. The number of piperidine rings is 1. The highest BCUT2D eigenvalue weighted by Crippen LogP contribution is 2.17. The van der Waals surface area contributed by atoms with E-state index in [-0.39, 0.29) is 4.90 Å². The van der Waals surface area contributed by atoms with Crippen LogP contribution in [-0.2, 0) is 29.1 Å². The summed E-state index contributed by atoms with van der Waals surface area (Å²) in [5.41, 5.74) is 6.22. The van der Waals surface area contributed by atoms with Gasteiger partial charge in [-0.1, -0.05) is 17.7 Å². The summed E-state index contributed by atoms with van der Waals surface area (Å²) in [6.07, 6.45) is 2.01. The van der Waals surface area contributed by atoms with Crippen LogP contribution >= 0.6 is 0 Å². The van der Waals surface area contributed by atoms with E-state index in [0.717, 1.165) is 22.7 Å². The first kappa shape index (κ1) is 21.8. The van der Waals surface area contributed by atoms with Crippen molar-refractivity contribution in [1.29, 1.82) is 0 Å². The average Bonchev–Trinajstić information content (AvgIpc) is 2.66. The van der Waals surface area contributed by atoms with Gasteiger partial charge in [0.15, 0.2) is 6.61 Å². The van der Waals surface area contributed by atoms with Gasteiger partial charge in [-0.3, -0.25) is 14.4 Å². The fraction of sp³-hybridized carbons (Fsp3) is 0.500. The number of esters is 1. The molecule has 0 unspecified atom stereocenters. The van der Waals surface area contributed by atoms with Crippen LogP contribution in [0.4, 0.5) is 0 Å². The summed E-state index contributed by atoms with van der Waals surface area (Å²) in [6.45, 7) is 1.09. The molecule has 0 bridgehead atoms. The van der Waals surface area contributed by atoms with Gasteiger partial charge in [-0.05, 0) is 38.3 Å². The van der Waals surface area contributed by atoms with Gasteiger partial charge in [-0.15, -0.1) is 0 Å². The first-order valence-electron chi connectivity index (χ1n) is 8.90. The van der Waals surface area contributed by atoms with Crippen molar-refractivity contribution in [3.63, 3.8) is 0 Å². The first-order valence-corrected chi connectivity index (χ1v) is 10.3. The summed E-state index contributed by atoms with van der Waals surface area (Å²) in [7, 11) is -2.60. The Labute approximate surface area is 164 Å². The van der Waals surface area contributed by atoms with E-state index in [1.165, 1.54) is 24.1 Å². The van der Waals surface area contributed by atoms with E-state index in [1.54, 1.807) is 12.1 Å². The normalized spacial score (nSPS) is 17.4. The maximum atomic E-state index is 12.5. The summed E-state index contributed by atoms with van der Waals surface area (Å²) >= 11 is 0. The smallest absolute Gasteiger partial charge is 0.321 e. The van der Waals surface area contributed by atoms with E-state index < -0.39 is 47.0 Å². The van der Waals surface area contributed by atoms with Gasteiger partial charge >= 0.3 is 5.97 Å². The second-order valence-electron chi connectivity index (χ2n) is 6.74. The van der Waals surface area contributed by atoms with Crippen LogP contribution in [0.1, 0.15) is 24.8 Å². The van der Waals surface area contributed by atoms with Gasteiger partial charge in [-0.2, -0.15) is 4.31 Å². The Balaban J connectivity index is 1.91. The zero-order chi connectivity index (χ0) is 20.9. The van der Waals surface area contributed by atoms with Gasteiger partial charge in [-0.25, -0.2) is 8.42 Å². The second-order valence-corrected chi connectivity index (χ2v) is 8.78. The highest BCUT2D eigenvalue weighted by Gasteiger charge is 2.31. The molecular weight excluding hydrogens is 386 g/mol. The zero-order valence-corrected chi connectivity index (χ0v) is 16.8. The van der Waals surface area contributed by atoms with Crippen molar-refractivity contribution < 1.29 is 27.5 Å². The first-order chi connectivity index (χ1) is 13.1. The predicted molar refractivity (Wildman–Crippen MR) is 101 cm³/mol. The molecule has 1 atom stereocenters. The van der Waals surface area contributed by atoms with Crippen LogP contribution in [0, 0.1) is 6.92 Å². The number of benzene rings is 1. The molecule has 1 aromatic rings. The summed E-state index contributed by atoms with van der Waals surface area (Å²) in [6, 6.07) is 5.52. The van der Waals surface area contributed by atoms with Gasteiger partial charge in [0.2, 0.25) is 15.9 Å². The largest absolute Gasteiger partial charge is 0.455 e. The molecule has 10 heteroatoms. The van der Waals surface area contributed by atoms with Gasteiger partial charge in [0.05, 0.1) is 4.90 Å². The molecule has 0 radical (unpaired) electrons. The SMILES string of the molecule is Cc1ccc(S(=O)(=O)N(C)CC(=O)OCC(=O)N2CCCC[C@@H]2C(N)=O)cc1. The third-order valence-electron chi connectivity index (χ3n) is 4.59. The summed E-state index contributed by atoms with van der Waals surface area (Å²) in [5, 5.41) is 0. The number of likely N-dealkylation sites (tertiary alicyclic amines) is 1. The van der Waals surface area contributed by atoms with Crippen LogP contribution in [0.3, 0.4) is 0 Å². The van der Waals surface area contributed by atoms with E-state index in [2.05, 4.69) is 0 Å². The van der Waals surface area contributed by atoms with Crippen LogP contribution in [0.25, 0.3) is 0 Å². The number of carbonyl (C=O) groups excluding carboxylic acids is 3. The maximum absolute atomic E-state index is 12.5.